The second-order valence-corrected chi connectivity index (χ2v) is 3.16. The Balaban J connectivity index is 3.17. The quantitative estimate of drug-likeness (QED) is 0.408. The largest absolute Gasteiger partial charge is 0.468 e. The number of carbonyl (C=O) groups excluding carboxylic acids is 1. The van der Waals surface area contributed by atoms with E-state index < -0.39 is 12.0 Å². The lowest BCUT2D eigenvalue weighted by Crippen LogP contribution is -2.36. The van der Waals surface area contributed by atoms with Gasteiger partial charge in [-0.3, -0.25) is 4.79 Å². The van der Waals surface area contributed by atoms with Gasteiger partial charge in [0.1, 0.15) is 6.04 Å². The average molecular weight is 235 g/mol. The van der Waals surface area contributed by atoms with Gasteiger partial charge in [-0.25, -0.2) is 0 Å². The van der Waals surface area contributed by atoms with E-state index in [2.05, 4.69) is 4.74 Å². The molecule has 6 nitrogen and oxygen atoms in total. The molecular formula is C10H21NO5. The maximum atomic E-state index is 10.9. The predicted molar refractivity (Wildman–Crippen MR) is 58.1 cm³/mol. The van der Waals surface area contributed by atoms with Crippen LogP contribution in [0.15, 0.2) is 0 Å². The van der Waals surface area contributed by atoms with Crippen LogP contribution < -0.4 is 5.73 Å². The molecule has 1 unspecified atom stereocenters. The van der Waals surface area contributed by atoms with E-state index in [0.29, 0.717) is 26.4 Å². The van der Waals surface area contributed by atoms with Crippen molar-refractivity contribution in [1.29, 1.82) is 0 Å². The fourth-order valence-corrected chi connectivity index (χ4v) is 0.955. The summed E-state index contributed by atoms with van der Waals surface area (Å²) in [5.74, 6) is -0.471. The molecule has 0 aliphatic heterocycles. The lowest BCUT2D eigenvalue weighted by atomic mass is 10.3. The Hall–Kier alpha value is -0.690. The Morgan fingerprint density at radius 2 is 1.81 bits per heavy atom. The molecule has 0 aromatic heterocycles. The van der Waals surface area contributed by atoms with Crippen molar-refractivity contribution in [1.82, 2.24) is 0 Å². The van der Waals surface area contributed by atoms with Crippen LogP contribution in [-0.4, -0.2) is 59.3 Å². The summed E-state index contributed by atoms with van der Waals surface area (Å²) in [6, 6.07) is -0.724. The first-order chi connectivity index (χ1) is 7.72. The summed E-state index contributed by atoms with van der Waals surface area (Å²) in [4.78, 5) is 10.9. The number of nitrogens with two attached hydrogens (primary N) is 1. The third-order valence-electron chi connectivity index (χ3n) is 1.81. The third kappa shape index (κ3) is 8.60. The highest BCUT2D eigenvalue weighted by molar-refractivity contribution is 5.75. The van der Waals surface area contributed by atoms with Gasteiger partial charge < -0.3 is 24.7 Å². The molecule has 6 heteroatoms. The van der Waals surface area contributed by atoms with Crippen LogP contribution in [0, 0.1) is 0 Å². The number of esters is 1. The van der Waals surface area contributed by atoms with E-state index in [1.807, 2.05) is 0 Å². The molecule has 0 amide bonds. The van der Waals surface area contributed by atoms with Gasteiger partial charge in [0.05, 0.1) is 26.9 Å². The maximum Gasteiger partial charge on any atom is 0.325 e. The molecule has 0 aliphatic carbocycles. The molecule has 0 fully saturated rings. The van der Waals surface area contributed by atoms with Crippen LogP contribution in [0.3, 0.4) is 0 Å². The average Bonchev–Trinajstić information content (AvgIpc) is 2.31. The first kappa shape index (κ1) is 15.3. The van der Waals surface area contributed by atoms with Crippen LogP contribution in [0.25, 0.3) is 0 Å². The lowest BCUT2D eigenvalue weighted by molar-refractivity contribution is -0.143. The summed E-state index contributed by atoms with van der Waals surface area (Å²) < 4.78 is 19.7. The van der Waals surface area contributed by atoms with Gasteiger partial charge in [0, 0.05) is 20.3 Å². The van der Waals surface area contributed by atoms with Crippen LogP contribution in [0.2, 0.25) is 0 Å². The lowest BCUT2D eigenvalue weighted by Gasteiger charge is -2.10. The highest BCUT2D eigenvalue weighted by Gasteiger charge is 2.12. The molecule has 0 saturated carbocycles. The minimum Gasteiger partial charge on any atom is -0.468 e. The molecule has 0 aromatic carbocycles. The smallest absolute Gasteiger partial charge is 0.325 e. The zero-order valence-electron chi connectivity index (χ0n) is 9.94. The van der Waals surface area contributed by atoms with Crippen molar-refractivity contribution < 1.29 is 23.7 Å². The monoisotopic (exact) mass is 235 g/mol. The van der Waals surface area contributed by atoms with Crippen molar-refractivity contribution in [3.8, 4) is 0 Å². The number of carbonyl (C=O) groups is 1. The van der Waals surface area contributed by atoms with Gasteiger partial charge in [-0.1, -0.05) is 0 Å². The molecular weight excluding hydrogens is 214 g/mol. The summed E-state index contributed by atoms with van der Waals surface area (Å²) in [5, 5.41) is 0. The predicted octanol–water partition coefficient (Wildman–Crippen LogP) is -0.444. The van der Waals surface area contributed by atoms with E-state index in [1.165, 1.54) is 7.11 Å². The minimum absolute atomic E-state index is 0.147. The SMILES string of the molecule is COCCCOCCOCC(N)C(=O)OC. The summed E-state index contributed by atoms with van der Waals surface area (Å²) >= 11 is 0. The standard InChI is InChI=1S/C10H21NO5/c1-13-4-3-5-15-6-7-16-8-9(11)10(12)14-2/h9H,3-8,11H2,1-2H3. The zero-order valence-corrected chi connectivity index (χ0v) is 9.94. The Labute approximate surface area is 96.0 Å². The van der Waals surface area contributed by atoms with Gasteiger partial charge >= 0.3 is 5.97 Å². The van der Waals surface area contributed by atoms with Gasteiger partial charge in [-0.05, 0) is 6.42 Å². The highest BCUT2D eigenvalue weighted by Crippen LogP contribution is 1.88. The van der Waals surface area contributed by atoms with E-state index in [0.717, 1.165) is 6.42 Å². The zero-order chi connectivity index (χ0) is 12.2. The number of hydrogen-bond donors (Lipinski definition) is 1. The van der Waals surface area contributed by atoms with Crippen LogP contribution in [0.1, 0.15) is 6.42 Å². The van der Waals surface area contributed by atoms with Gasteiger partial charge in [0.15, 0.2) is 0 Å². The molecule has 0 heterocycles. The molecule has 0 rings (SSSR count). The first-order valence-electron chi connectivity index (χ1n) is 5.20. The second kappa shape index (κ2) is 10.8. The molecule has 0 radical (unpaired) electrons. The van der Waals surface area contributed by atoms with E-state index in [9.17, 15) is 4.79 Å². The van der Waals surface area contributed by atoms with Gasteiger partial charge in [-0.2, -0.15) is 0 Å². The Morgan fingerprint density at radius 3 is 2.44 bits per heavy atom. The molecule has 0 spiro atoms. The Bertz CT molecular complexity index is 177. The Kier molecular flexibility index (Phi) is 10.3. The number of ether oxygens (including phenoxy) is 4. The Morgan fingerprint density at radius 1 is 1.12 bits per heavy atom. The van der Waals surface area contributed by atoms with E-state index in [-0.39, 0.29) is 6.61 Å². The van der Waals surface area contributed by atoms with Crippen molar-refractivity contribution in [2.45, 2.75) is 12.5 Å². The molecule has 16 heavy (non-hydrogen) atoms. The molecule has 0 saturated heterocycles. The van der Waals surface area contributed by atoms with Crippen molar-refractivity contribution >= 4 is 5.97 Å². The minimum atomic E-state index is -0.724. The summed E-state index contributed by atoms with van der Waals surface area (Å²) in [5.41, 5.74) is 5.45. The van der Waals surface area contributed by atoms with Gasteiger partial charge in [-0.15, -0.1) is 0 Å². The van der Waals surface area contributed by atoms with Crippen molar-refractivity contribution in [2.75, 3.05) is 47.3 Å². The summed E-state index contributed by atoms with van der Waals surface area (Å²) in [6.07, 6.45) is 0.859. The molecule has 96 valence electrons. The number of methoxy groups -OCH3 is 2. The van der Waals surface area contributed by atoms with Crippen molar-refractivity contribution in [3.63, 3.8) is 0 Å². The molecule has 1 atom stereocenters. The fourth-order valence-electron chi connectivity index (χ4n) is 0.955. The molecule has 0 aromatic rings. The topological polar surface area (TPSA) is 80.0 Å². The third-order valence-corrected chi connectivity index (χ3v) is 1.81. The van der Waals surface area contributed by atoms with Crippen LogP contribution in [-0.2, 0) is 23.7 Å². The maximum absolute atomic E-state index is 10.9. The van der Waals surface area contributed by atoms with Crippen LogP contribution in [0.5, 0.6) is 0 Å². The molecule has 0 bridgehead atoms. The van der Waals surface area contributed by atoms with Gasteiger partial charge in [0.2, 0.25) is 0 Å². The molecule has 2 N–H and O–H groups in total. The van der Waals surface area contributed by atoms with E-state index in [4.69, 9.17) is 19.9 Å². The number of rotatable bonds is 10. The second-order valence-electron chi connectivity index (χ2n) is 3.16. The van der Waals surface area contributed by atoms with E-state index in [1.54, 1.807) is 7.11 Å². The highest BCUT2D eigenvalue weighted by atomic mass is 16.5. The van der Waals surface area contributed by atoms with Crippen LogP contribution >= 0.6 is 0 Å². The first-order valence-corrected chi connectivity index (χ1v) is 5.20. The van der Waals surface area contributed by atoms with Crippen molar-refractivity contribution in [3.05, 3.63) is 0 Å². The fraction of sp³-hybridized carbons (Fsp3) is 0.900. The number of hydrogen-bond acceptors (Lipinski definition) is 6. The van der Waals surface area contributed by atoms with Gasteiger partial charge in [0.25, 0.3) is 0 Å². The summed E-state index contributed by atoms with van der Waals surface area (Å²) in [7, 11) is 2.94. The summed E-state index contributed by atoms with van der Waals surface area (Å²) in [6.45, 7) is 2.37. The van der Waals surface area contributed by atoms with E-state index >= 15 is 0 Å². The van der Waals surface area contributed by atoms with Crippen LogP contribution in [0.4, 0.5) is 0 Å². The normalized spacial score (nSPS) is 12.4. The van der Waals surface area contributed by atoms with Crippen molar-refractivity contribution in [2.24, 2.45) is 5.73 Å². The molecule has 0 aliphatic rings.